The summed E-state index contributed by atoms with van der Waals surface area (Å²) in [6.07, 6.45) is -3.58. The van der Waals surface area contributed by atoms with Crippen LogP contribution in [0.25, 0.3) is 0 Å². The largest absolute Gasteiger partial charge is 0.433 e. The van der Waals surface area contributed by atoms with Crippen molar-refractivity contribution >= 4 is 11.6 Å². The van der Waals surface area contributed by atoms with Gasteiger partial charge in [-0.1, -0.05) is 18.2 Å². The molecule has 0 fully saturated rings. The molecule has 122 valence electrons. The fourth-order valence-corrected chi connectivity index (χ4v) is 1.95. The molecule has 0 radical (unpaired) electrons. The number of benzene rings is 1. The first-order valence-electron chi connectivity index (χ1n) is 6.95. The second-order valence-corrected chi connectivity index (χ2v) is 4.94. The van der Waals surface area contributed by atoms with Gasteiger partial charge in [0.1, 0.15) is 5.69 Å². The monoisotopic (exact) mass is 323 g/mol. The zero-order chi connectivity index (χ0) is 16.9. The van der Waals surface area contributed by atoms with Crippen LogP contribution in [0.4, 0.5) is 18.9 Å². The molecule has 7 heteroatoms. The van der Waals surface area contributed by atoms with Crippen LogP contribution in [0.5, 0.6) is 0 Å². The first-order chi connectivity index (χ1) is 10.9. The number of nitrogens with one attached hydrogen (secondary N) is 1. The number of anilines is 1. The van der Waals surface area contributed by atoms with Crippen molar-refractivity contribution in [3.05, 3.63) is 59.9 Å². The highest BCUT2D eigenvalue weighted by atomic mass is 19.4. The average Bonchev–Trinajstić information content (AvgIpc) is 2.54. The quantitative estimate of drug-likeness (QED) is 0.920. The highest BCUT2D eigenvalue weighted by Gasteiger charge is 2.32. The van der Waals surface area contributed by atoms with E-state index in [1.165, 1.54) is 0 Å². The van der Waals surface area contributed by atoms with Crippen LogP contribution in [-0.4, -0.2) is 31.0 Å². The zero-order valence-electron chi connectivity index (χ0n) is 12.5. The summed E-state index contributed by atoms with van der Waals surface area (Å²) in [5, 5.41) is 2.66. The van der Waals surface area contributed by atoms with Crippen molar-refractivity contribution in [2.75, 3.05) is 25.0 Å². The molecule has 23 heavy (non-hydrogen) atoms. The number of rotatable bonds is 5. The summed E-state index contributed by atoms with van der Waals surface area (Å²) in [5.41, 5.74) is 0.0937. The molecule has 0 unspecified atom stereocenters. The fourth-order valence-electron chi connectivity index (χ4n) is 1.95. The third-order valence-corrected chi connectivity index (χ3v) is 3.25. The van der Waals surface area contributed by atoms with Gasteiger partial charge in [0.15, 0.2) is 0 Å². The molecule has 0 aliphatic heterocycles. The van der Waals surface area contributed by atoms with Crippen molar-refractivity contribution in [2.45, 2.75) is 6.18 Å². The first kappa shape index (κ1) is 16.8. The van der Waals surface area contributed by atoms with E-state index in [0.717, 1.165) is 24.0 Å². The van der Waals surface area contributed by atoms with Gasteiger partial charge in [0.05, 0.1) is 5.56 Å². The van der Waals surface area contributed by atoms with Crippen LogP contribution in [0, 0.1) is 0 Å². The summed E-state index contributed by atoms with van der Waals surface area (Å²) in [4.78, 5) is 17.1. The zero-order valence-corrected chi connectivity index (χ0v) is 12.5. The SMILES string of the molecule is CN(CCNC(=O)c1ccc(C(F)(F)F)nc1)c1ccccc1. The molecule has 0 bridgehead atoms. The third-order valence-electron chi connectivity index (χ3n) is 3.25. The molecular weight excluding hydrogens is 307 g/mol. The van der Waals surface area contributed by atoms with Crippen molar-refractivity contribution in [1.82, 2.24) is 10.3 Å². The van der Waals surface area contributed by atoms with Crippen LogP contribution in [0.15, 0.2) is 48.7 Å². The van der Waals surface area contributed by atoms with E-state index in [9.17, 15) is 18.0 Å². The smallest absolute Gasteiger partial charge is 0.373 e. The summed E-state index contributed by atoms with van der Waals surface area (Å²) in [6, 6.07) is 11.5. The average molecular weight is 323 g/mol. The van der Waals surface area contributed by atoms with E-state index in [4.69, 9.17) is 0 Å². The lowest BCUT2D eigenvalue weighted by molar-refractivity contribution is -0.141. The summed E-state index contributed by atoms with van der Waals surface area (Å²) in [7, 11) is 1.89. The number of amides is 1. The van der Waals surface area contributed by atoms with Gasteiger partial charge >= 0.3 is 6.18 Å². The maximum Gasteiger partial charge on any atom is 0.433 e. The Balaban J connectivity index is 1.85. The van der Waals surface area contributed by atoms with E-state index >= 15 is 0 Å². The van der Waals surface area contributed by atoms with Crippen molar-refractivity contribution in [3.8, 4) is 0 Å². The number of alkyl halides is 3. The van der Waals surface area contributed by atoms with Crippen molar-refractivity contribution in [2.24, 2.45) is 0 Å². The highest BCUT2D eigenvalue weighted by Crippen LogP contribution is 2.27. The molecule has 4 nitrogen and oxygen atoms in total. The van der Waals surface area contributed by atoms with Gasteiger partial charge in [-0.15, -0.1) is 0 Å². The Morgan fingerprint density at radius 1 is 1.17 bits per heavy atom. The van der Waals surface area contributed by atoms with E-state index in [1.807, 2.05) is 42.3 Å². The minimum absolute atomic E-state index is 0.0976. The van der Waals surface area contributed by atoms with Gasteiger partial charge in [-0.05, 0) is 24.3 Å². The Morgan fingerprint density at radius 3 is 2.43 bits per heavy atom. The van der Waals surface area contributed by atoms with E-state index in [0.29, 0.717) is 13.1 Å². The number of carbonyl (C=O) groups is 1. The molecule has 1 aromatic heterocycles. The van der Waals surface area contributed by atoms with E-state index < -0.39 is 17.8 Å². The molecule has 0 saturated carbocycles. The fraction of sp³-hybridized carbons (Fsp3) is 0.250. The molecule has 1 N–H and O–H groups in total. The number of hydrogen-bond donors (Lipinski definition) is 1. The van der Waals surface area contributed by atoms with Crippen LogP contribution in [-0.2, 0) is 6.18 Å². The van der Waals surface area contributed by atoms with Crippen molar-refractivity contribution < 1.29 is 18.0 Å². The Labute approximate surface area is 132 Å². The lowest BCUT2D eigenvalue weighted by atomic mass is 10.2. The number of likely N-dealkylation sites (N-methyl/N-ethyl adjacent to an activating group) is 1. The topological polar surface area (TPSA) is 45.2 Å². The Kier molecular flexibility index (Phi) is 5.20. The second-order valence-electron chi connectivity index (χ2n) is 4.94. The van der Waals surface area contributed by atoms with E-state index in [-0.39, 0.29) is 5.56 Å². The summed E-state index contributed by atoms with van der Waals surface area (Å²) >= 11 is 0. The maximum atomic E-state index is 12.4. The van der Waals surface area contributed by atoms with Gasteiger partial charge in [-0.2, -0.15) is 13.2 Å². The molecule has 1 amide bonds. The lowest BCUT2D eigenvalue weighted by Crippen LogP contribution is -2.33. The Hall–Kier alpha value is -2.57. The molecule has 2 rings (SSSR count). The number of para-hydroxylation sites is 1. The molecule has 2 aromatic rings. The highest BCUT2D eigenvalue weighted by molar-refractivity contribution is 5.93. The third kappa shape index (κ3) is 4.70. The number of hydrogen-bond acceptors (Lipinski definition) is 3. The molecule has 0 aliphatic rings. The molecular formula is C16H16F3N3O. The Bertz CT molecular complexity index is 642. The summed E-state index contributed by atoms with van der Waals surface area (Å²) in [6.45, 7) is 0.940. The van der Waals surface area contributed by atoms with Gasteiger partial charge in [-0.3, -0.25) is 9.78 Å². The molecule has 0 aliphatic carbocycles. The second kappa shape index (κ2) is 7.13. The minimum atomic E-state index is -4.51. The predicted octanol–water partition coefficient (Wildman–Crippen LogP) is 2.97. The predicted molar refractivity (Wildman–Crippen MR) is 81.3 cm³/mol. The molecule has 0 atom stereocenters. The normalized spacial score (nSPS) is 11.1. The Morgan fingerprint density at radius 2 is 1.87 bits per heavy atom. The minimum Gasteiger partial charge on any atom is -0.373 e. The summed E-state index contributed by atoms with van der Waals surface area (Å²) < 4.78 is 37.2. The lowest BCUT2D eigenvalue weighted by Gasteiger charge is -2.19. The number of nitrogens with zero attached hydrogens (tertiary/aromatic N) is 2. The van der Waals surface area contributed by atoms with E-state index in [2.05, 4.69) is 10.3 Å². The van der Waals surface area contributed by atoms with Crippen LogP contribution in [0.2, 0.25) is 0 Å². The number of pyridine rings is 1. The molecule has 1 heterocycles. The molecule has 0 saturated heterocycles. The van der Waals surface area contributed by atoms with Gasteiger partial charge in [0.25, 0.3) is 5.91 Å². The molecule has 1 aromatic carbocycles. The number of aromatic nitrogens is 1. The van der Waals surface area contributed by atoms with Gasteiger partial charge in [-0.25, -0.2) is 0 Å². The number of carbonyl (C=O) groups excluding carboxylic acids is 1. The van der Waals surface area contributed by atoms with Crippen LogP contribution in [0.3, 0.4) is 0 Å². The van der Waals surface area contributed by atoms with Gasteiger partial charge in [0, 0.05) is 32.0 Å². The van der Waals surface area contributed by atoms with Crippen molar-refractivity contribution in [3.63, 3.8) is 0 Å². The van der Waals surface area contributed by atoms with Gasteiger partial charge < -0.3 is 10.2 Å². The van der Waals surface area contributed by atoms with Crippen LogP contribution < -0.4 is 10.2 Å². The van der Waals surface area contributed by atoms with Crippen molar-refractivity contribution in [1.29, 1.82) is 0 Å². The van der Waals surface area contributed by atoms with Crippen LogP contribution >= 0.6 is 0 Å². The summed E-state index contributed by atoms with van der Waals surface area (Å²) in [5.74, 6) is -0.451. The number of halogens is 3. The maximum absolute atomic E-state index is 12.4. The van der Waals surface area contributed by atoms with Crippen LogP contribution in [0.1, 0.15) is 16.1 Å². The van der Waals surface area contributed by atoms with E-state index in [1.54, 1.807) is 0 Å². The first-order valence-corrected chi connectivity index (χ1v) is 6.95. The van der Waals surface area contributed by atoms with Gasteiger partial charge in [0.2, 0.25) is 0 Å². The molecule has 0 spiro atoms. The standard InChI is InChI=1S/C16H16F3N3O/c1-22(13-5-3-2-4-6-13)10-9-20-15(23)12-7-8-14(21-11-12)16(17,18)19/h2-8,11H,9-10H2,1H3,(H,20,23).